The summed E-state index contributed by atoms with van der Waals surface area (Å²) in [6.45, 7) is 4.55. The molecule has 0 aliphatic rings. The minimum absolute atomic E-state index is 0.269. The van der Waals surface area contributed by atoms with Crippen molar-refractivity contribution >= 4 is 20.8 Å². The maximum absolute atomic E-state index is 12.4. The van der Waals surface area contributed by atoms with Crippen LogP contribution >= 0.6 is 0 Å². The van der Waals surface area contributed by atoms with E-state index in [2.05, 4.69) is 9.71 Å². The Morgan fingerprint density at radius 2 is 2.05 bits per heavy atom. The lowest BCUT2D eigenvalue weighted by Crippen LogP contribution is -2.38. The summed E-state index contributed by atoms with van der Waals surface area (Å²) in [5.41, 5.74) is 5.34. The molecule has 0 atom stereocenters. The number of pyridine rings is 1. The molecule has 1 aromatic heterocycles. The fourth-order valence-corrected chi connectivity index (χ4v) is 3.24. The number of nitrogens with two attached hydrogens (primary N) is 1. The van der Waals surface area contributed by atoms with Gasteiger partial charge in [-0.25, -0.2) is 13.1 Å². The standard InChI is InChI=1S/C14H19N3O2S/c1-14(2,9-15)10-17-20(18,19)13-5-3-4-11-8-16-7-6-12(11)13/h3-8,17H,9-10,15H2,1-2H3. The molecule has 0 spiro atoms. The normalized spacial score (nSPS) is 12.8. The number of fused-ring (bicyclic) bond motifs is 1. The molecule has 0 radical (unpaired) electrons. The third-order valence-corrected chi connectivity index (χ3v) is 4.68. The van der Waals surface area contributed by atoms with E-state index in [-0.39, 0.29) is 10.3 Å². The molecule has 108 valence electrons. The lowest BCUT2D eigenvalue weighted by Gasteiger charge is -2.22. The van der Waals surface area contributed by atoms with Gasteiger partial charge in [-0.3, -0.25) is 4.98 Å². The third kappa shape index (κ3) is 3.15. The zero-order valence-electron chi connectivity index (χ0n) is 11.6. The van der Waals surface area contributed by atoms with E-state index in [1.165, 1.54) is 0 Å². The van der Waals surface area contributed by atoms with Crippen molar-refractivity contribution in [3.05, 3.63) is 36.7 Å². The highest BCUT2D eigenvalue weighted by Crippen LogP contribution is 2.22. The van der Waals surface area contributed by atoms with E-state index in [0.717, 1.165) is 5.39 Å². The molecule has 20 heavy (non-hydrogen) atoms. The number of hydrogen-bond donors (Lipinski definition) is 2. The zero-order chi connectivity index (χ0) is 14.8. The molecule has 2 aromatic rings. The van der Waals surface area contributed by atoms with Gasteiger partial charge in [0.1, 0.15) is 0 Å². The van der Waals surface area contributed by atoms with Gasteiger partial charge in [0.05, 0.1) is 4.90 Å². The second-order valence-corrected chi connectivity index (χ2v) is 7.28. The number of nitrogens with zero attached hydrogens (tertiary/aromatic N) is 1. The largest absolute Gasteiger partial charge is 0.330 e. The first-order valence-electron chi connectivity index (χ1n) is 6.38. The van der Waals surface area contributed by atoms with Crippen LogP contribution in [0.1, 0.15) is 13.8 Å². The second-order valence-electron chi connectivity index (χ2n) is 5.55. The first kappa shape index (κ1) is 14.9. The summed E-state index contributed by atoms with van der Waals surface area (Å²) >= 11 is 0. The van der Waals surface area contributed by atoms with Crippen LogP contribution < -0.4 is 10.5 Å². The highest BCUT2D eigenvalue weighted by Gasteiger charge is 2.22. The maximum atomic E-state index is 12.4. The molecule has 1 heterocycles. The average Bonchev–Trinajstić information content (AvgIpc) is 2.45. The number of benzene rings is 1. The molecule has 5 nitrogen and oxygen atoms in total. The van der Waals surface area contributed by atoms with Gasteiger partial charge in [-0.05, 0) is 24.1 Å². The number of hydrogen-bond acceptors (Lipinski definition) is 4. The van der Waals surface area contributed by atoms with Crippen LogP contribution in [0.4, 0.5) is 0 Å². The van der Waals surface area contributed by atoms with Crippen molar-refractivity contribution in [1.29, 1.82) is 0 Å². The fraction of sp³-hybridized carbons (Fsp3) is 0.357. The molecule has 0 saturated heterocycles. The quantitative estimate of drug-likeness (QED) is 0.875. The summed E-state index contributed by atoms with van der Waals surface area (Å²) in [7, 11) is -3.56. The summed E-state index contributed by atoms with van der Waals surface area (Å²) < 4.78 is 27.5. The van der Waals surface area contributed by atoms with Crippen LogP contribution in [0.5, 0.6) is 0 Å². The third-order valence-electron chi connectivity index (χ3n) is 3.22. The Balaban J connectivity index is 2.38. The van der Waals surface area contributed by atoms with E-state index in [4.69, 9.17) is 5.73 Å². The van der Waals surface area contributed by atoms with Crippen LogP contribution in [0.15, 0.2) is 41.6 Å². The molecule has 0 aliphatic carbocycles. The Morgan fingerprint density at radius 1 is 1.30 bits per heavy atom. The zero-order valence-corrected chi connectivity index (χ0v) is 12.4. The van der Waals surface area contributed by atoms with Gasteiger partial charge < -0.3 is 5.73 Å². The summed E-state index contributed by atoms with van der Waals surface area (Å²) in [5, 5.41) is 1.47. The Hall–Kier alpha value is -1.50. The molecular formula is C14H19N3O2S. The Bertz CT molecular complexity index is 706. The first-order chi connectivity index (χ1) is 9.36. The Morgan fingerprint density at radius 3 is 2.75 bits per heavy atom. The van der Waals surface area contributed by atoms with Gasteiger partial charge in [0.15, 0.2) is 0 Å². The molecule has 2 rings (SSSR count). The van der Waals surface area contributed by atoms with Crippen LogP contribution in [0.25, 0.3) is 10.8 Å². The number of nitrogens with one attached hydrogen (secondary N) is 1. The predicted octanol–water partition coefficient (Wildman–Crippen LogP) is 1.50. The van der Waals surface area contributed by atoms with Crippen LogP contribution in [-0.4, -0.2) is 26.5 Å². The summed E-state index contributed by atoms with van der Waals surface area (Å²) in [6.07, 6.45) is 3.24. The lowest BCUT2D eigenvalue weighted by molar-refractivity contribution is 0.376. The molecule has 0 aliphatic heterocycles. The van der Waals surface area contributed by atoms with E-state index in [1.54, 1.807) is 30.6 Å². The monoisotopic (exact) mass is 293 g/mol. The number of rotatable bonds is 5. The average molecular weight is 293 g/mol. The van der Waals surface area contributed by atoms with Crippen LogP contribution in [-0.2, 0) is 10.0 Å². The van der Waals surface area contributed by atoms with Gasteiger partial charge in [0.2, 0.25) is 10.0 Å². The molecule has 0 amide bonds. The summed E-state index contributed by atoms with van der Waals surface area (Å²) in [6, 6.07) is 6.86. The van der Waals surface area contributed by atoms with Gasteiger partial charge in [-0.1, -0.05) is 26.0 Å². The van der Waals surface area contributed by atoms with Gasteiger partial charge in [0, 0.05) is 29.7 Å². The van der Waals surface area contributed by atoms with E-state index in [0.29, 0.717) is 18.5 Å². The molecule has 0 saturated carbocycles. The van der Waals surface area contributed by atoms with Crippen LogP contribution in [0, 0.1) is 5.41 Å². The van der Waals surface area contributed by atoms with Crippen molar-refractivity contribution in [3.8, 4) is 0 Å². The van der Waals surface area contributed by atoms with Gasteiger partial charge >= 0.3 is 0 Å². The topological polar surface area (TPSA) is 85.1 Å². The smallest absolute Gasteiger partial charge is 0.241 e. The van der Waals surface area contributed by atoms with Crippen molar-refractivity contribution in [3.63, 3.8) is 0 Å². The minimum Gasteiger partial charge on any atom is -0.330 e. The molecule has 3 N–H and O–H groups in total. The Kier molecular flexibility index (Phi) is 4.08. The van der Waals surface area contributed by atoms with Crippen LogP contribution in [0.2, 0.25) is 0 Å². The number of aromatic nitrogens is 1. The van der Waals surface area contributed by atoms with Gasteiger partial charge in [-0.2, -0.15) is 0 Å². The molecule has 6 heteroatoms. The van der Waals surface area contributed by atoms with Crippen molar-refractivity contribution in [2.24, 2.45) is 11.1 Å². The Labute approximate surface area is 119 Å². The van der Waals surface area contributed by atoms with E-state index >= 15 is 0 Å². The maximum Gasteiger partial charge on any atom is 0.241 e. The second kappa shape index (κ2) is 5.47. The van der Waals surface area contributed by atoms with Crippen molar-refractivity contribution in [2.75, 3.05) is 13.1 Å². The van der Waals surface area contributed by atoms with Gasteiger partial charge in [0.25, 0.3) is 0 Å². The minimum atomic E-state index is -3.56. The molecule has 1 aromatic carbocycles. The highest BCUT2D eigenvalue weighted by atomic mass is 32.2. The van der Waals surface area contributed by atoms with Crippen LogP contribution in [0.3, 0.4) is 0 Å². The predicted molar refractivity (Wildman–Crippen MR) is 79.8 cm³/mol. The van der Waals surface area contributed by atoms with Crippen molar-refractivity contribution in [2.45, 2.75) is 18.7 Å². The molecule has 0 bridgehead atoms. The molecule has 0 unspecified atom stereocenters. The molecule has 0 fully saturated rings. The first-order valence-corrected chi connectivity index (χ1v) is 7.86. The van der Waals surface area contributed by atoms with Gasteiger partial charge in [-0.15, -0.1) is 0 Å². The summed E-state index contributed by atoms with van der Waals surface area (Å²) in [5.74, 6) is 0. The lowest BCUT2D eigenvalue weighted by atomic mass is 9.95. The van der Waals surface area contributed by atoms with E-state index in [1.807, 2.05) is 19.9 Å². The summed E-state index contributed by atoms with van der Waals surface area (Å²) in [4.78, 5) is 4.27. The van der Waals surface area contributed by atoms with Crippen molar-refractivity contribution in [1.82, 2.24) is 9.71 Å². The highest BCUT2D eigenvalue weighted by molar-refractivity contribution is 7.89. The molecular weight excluding hydrogens is 274 g/mol. The van der Waals surface area contributed by atoms with E-state index < -0.39 is 10.0 Å². The SMILES string of the molecule is CC(C)(CN)CNS(=O)(=O)c1cccc2cnccc12. The fourth-order valence-electron chi connectivity index (χ4n) is 1.77. The van der Waals surface area contributed by atoms with E-state index in [9.17, 15) is 8.42 Å². The number of sulfonamides is 1. The van der Waals surface area contributed by atoms with Crippen molar-refractivity contribution < 1.29 is 8.42 Å².